The van der Waals surface area contributed by atoms with E-state index in [-0.39, 0.29) is 41.5 Å². The minimum absolute atomic E-state index is 0.0298. The van der Waals surface area contributed by atoms with Gasteiger partial charge in [0.25, 0.3) is 0 Å². The second-order valence-electron chi connectivity index (χ2n) is 12.3. The molecule has 2 saturated heterocycles. The molecule has 3 aliphatic rings. The van der Waals surface area contributed by atoms with Gasteiger partial charge >= 0.3 is 0 Å². The lowest BCUT2D eigenvalue weighted by Gasteiger charge is -2.39. The van der Waals surface area contributed by atoms with E-state index in [1.54, 1.807) is 4.90 Å². The predicted octanol–water partition coefficient (Wildman–Crippen LogP) is 3.03. The second kappa shape index (κ2) is 12.3. The highest BCUT2D eigenvalue weighted by molar-refractivity contribution is 5.85. The molecule has 208 valence electrons. The van der Waals surface area contributed by atoms with Gasteiger partial charge in [-0.15, -0.1) is 0 Å². The van der Waals surface area contributed by atoms with Crippen LogP contribution in [0.5, 0.6) is 5.75 Å². The van der Waals surface area contributed by atoms with E-state index in [0.717, 1.165) is 43.9 Å². The van der Waals surface area contributed by atoms with Crippen LogP contribution in [0.3, 0.4) is 0 Å². The van der Waals surface area contributed by atoms with Crippen LogP contribution >= 0.6 is 0 Å². The molecule has 0 N–H and O–H groups in total. The van der Waals surface area contributed by atoms with Crippen molar-refractivity contribution in [2.24, 2.45) is 17.3 Å². The minimum Gasteiger partial charge on any atom is -0.489 e. The molecule has 4 rings (SSSR count). The number of piperazine rings is 1. The Morgan fingerprint density at radius 3 is 2.45 bits per heavy atom. The number of piperidine rings is 1. The summed E-state index contributed by atoms with van der Waals surface area (Å²) in [7, 11) is 2.09. The number of carbonyl (C=O) groups is 3. The number of carbonyl (C=O) groups excluding carboxylic acids is 3. The number of benzene rings is 1. The maximum Gasteiger partial charge on any atom is 0.242 e. The fraction of sp³-hybridized carbons (Fsp3) is 0.633. The molecule has 8 nitrogen and oxygen atoms in total. The number of likely N-dealkylation sites (N-methyl/N-ethyl adjacent to an activating group) is 1. The Kier molecular flexibility index (Phi) is 9.13. The van der Waals surface area contributed by atoms with Crippen LogP contribution < -0.4 is 4.74 Å². The van der Waals surface area contributed by atoms with Crippen molar-refractivity contribution < 1.29 is 19.1 Å². The van der Waals surface area contributed by atoms with Gasteiger partial charge in [0.2, 0.25) is 17.7 Å². The maximum absolute atomic E-state index is 13.5. The fourth-order valence-corrected chi connectivity index (χ4v) is 5.55. The summed E-state index contributed by atoms with van der Waals surface area (Å²) in [6.45, 7) is 11.4. The van der Waals surface area contributed by atoms with Crippen LogP contribution in [0.2, 0.25) is 0 Å². The van der Waals surface area contributed by atoms with Crippen LogP contribution in [0.15, 0.2) is 36.4 Å². The summed E-state index contributed by atoms with van der Waals surface area (Å²) in [5.41, 5.74) is 0.713. The third kappa shape index (κ3) is 7.59. The van der Waals surface area contributed by atoms with E-state index in [4.69, 9.17) is 4.74 Å². The predicted molar refractivity (Wildman–Crippen MR) is 147 cm³/mol. The molecule has 0 aliphatic carbocycles. The van der Waals surface area contributed by atoms with Gasteiger partial charge < -0.3 is 24.3 Å². The lowest BCUT2D eigenvalue weighted by molar-refractivity contribution is -0.143. The molecule has 0 unspecified atom stereocenters. The van der Waals surface area contributed by atoms with Crippen LogP contribution in [0.4, 0.5) is 0 Å². The van der Waals surface area contributed by atoms with E-state index < -0.39 is 0 Å². The van der Waals surface area contributed by atoms with E-state index in [9.17, 15) is 14.4 Å². The molecule has 8 heteroatoms. The average Bonchev–Trinajstić information content (AvgIpc) is 2.87. The molecule has 0 spiro atoms. The van der Waals surface area contributed by atoms with Crippen molar-refractivity contribution in [2.45, 2.75) is 46.6 Å². The van der Waals surface area contributed by atoms with Crippen LogP contribution in [0, 0.1) is 17.3 Å². The monoisotopic (exact) mass is 524 g/mol. The number of hydrogen-bond donors (Lipinski definition) is 0. The van der Waals surface area contributed by atoms with E-state index >= 15 is 0 Å². The summed E-state index contributed by atoms with van der Waals surface area (Å²) in [5, 5.41) is 0. The number of para-hydroxylation sites is 1. The first-order valence-electron chi connectivity index (χ1n) is 14.0. The Balaban J connectivity index is 1.52. The largest absolute Gasteiger partial charge is 0.489 e. The molecule has 3 amide bonds. The van der Waals surface area contributed by atoms with Gasteiger partial charge in [-0.3, -0.25) is 14.4 Å². The Morgan fingerprint density at radius 1 is 0.974 bits per heavy atom. The Morgan fingerprint density at radius 2 is 1.71 bits per heavy atom. The Hall–Kier alpha value is -2.87. The highest BCUT2D eigenvalue weighted by Crippen LogP contribution is 2.30. The number of nitrogens with zero attached hydrogens (tertiary/aromatic N) is 4. The summed E-state index contributed by atoms with van der Waals surface area (Å²) >= 11 is 0. The maximum atomic E-state index is 13.5. The highest BCUT2D eigenvalue weighted by Gasteiger charge is 2.34. The molecule has 2 fully saturated rings. The molecular formula is C30H44N4O4. The zero-order chi connectivity index (χ0) is 27.3. The van der Waals surface area contributed by atoms with Gasteiger partial charge in [0.05, 0.1) is 0 Å². The second-order valence-corrected chi connectivity index (χ2v) is 12.3. The molecule has 2 atom stereocenters. The first kappa shape index (κ1) is 28.1. The molecule has 0 radical (unpaired) electrons. The molecular weight excluding hydrogens is 480 g/mol. The van der Waals surface area contributed by atoms with Gasteiger partial charge in [-0.1, -0.05) is 51.1 Å². The number of hydrogen-bond acceptors (Lipinski definition) is 5. The third-order valence-corrected chi connectivity index (χ3v) is 7.86. The molecule has 1 aromatic rings. The smallest absolute Gasteiger partial charge is 0.242 e. The van der Waals surface area contributed by atoms with E-state index in [0.29, 0.717) is 39.1 Å². The summed E-state index contributed by atoms with van der Waals surface area (Å²) < 4.78 is 6.11. The zero-order valence-corrected chi connectivity index (χ0v) is 23.5. The van der Waals surface area contributed by atoms with Crippen molar-refractivity contribution in [2.75, 3.05) is 59.5 Å². The first-order valence-corrected chi connectivity index (χ1v) is 14.0. The molecule has 38 heavy (non-hydrogen) atoms. The number of rotatable bonds is 3. The summed E-state index contributed by atoms with van der Waals surface area (Å²) in [6, 6.07) is 7.73. The standard InChI is InChI=1S/C30H44N4O4/c1-30(2,3)19-28(36)34-21-25-8-5-6-10-26(25)38-17-7-9-24-20-33(29(37)22-34)12-11-23(24)18-27(35)32-15-13-31(4)14-16-32/h5-10,23-24H,11-22H2,1-4H3/t23-,24-/m0/s1. The van der Waals surface area contributed by atoms with Crippen molar-refractivity contribution >= 4 is 17.7 Å². The summed E-state index contributed by atoms with van der Waals surface area (Å²) in [4.78, 5) is 47.8. The topological polar surface area (TPSA) is 73.4 Å². The van der Waals surface area contributed by atoms with Crippen molar-refractivity contribution in [3.8, 4) is 5.75 Å². The van der Waals surface area contributed by atoms with Crippen LogP contribution in [-0.2, 0) is 20.9 Å². The third-order valence-electron chi connectivity index (χ3n) is 7.86. The van der Waals surface area contributed by atoms with Gasteiger partial charge in [-0.2, -0.15) is 0 Å². The van der Waals surface area contributed by atoms with Crippen molar-refractivity contribution in [3.63, 3.8) is 0 Å². The van der Waals surface area contributed by atoms with Crippen molar-refractivity contribution in [1.29, 1.82) is 0 Å². The molecule has 1 aromatic carbocycles. The average molecular weight is 525 g/mol. The van der Waals surface area contributed by atoms with Crippen molar-refractivity contribution in [3.05, 3.63) is 42.0 Å². The van der Waals surface area contributed by atoms with Crippen molar-refractivity contribution in [1.82, 2.24) is 19.6 Å². The van der Waals surface area contributed by atoms with Crippen LogP contribution in [0.25, 0.3) is 0 Å². The minimum atomic E-state index is -0.180. The van der Waals surface area contributed by atoms with Gasteiger partial charge in [-0.05, 0) is 36.8 Å². The summed E-state index contributed by atoms with van der Waals surface area (Å²) in [5.74, 6) is 1.12. The molecule has 0 saturated carbocycles. The van der Waals surface area contributed by atoms with E-state index in [1.165, 1.54) is 0 Å². The lowest BCUT2D eigenvalue weighted by atomic mass is 9.82. The molecule has 2 bridgehead atoms. The molecule has 0 aromatic heterocycles. The van der Waals surface area contributed by atoms with E-state index in [1.807, 2.05) is 60.9 Å². The van der Waals surface area contributed by atoms with Gasteiger partial charge in [0, 0.05) is 64.2 Å². The summed E-state index contributed by atoms with van der Waals surface area (Å²) in [6.07, 6.45) is 5.79. The van der Waals surface area contributed by atoms with Gasteiger partial charge in [0.1, 0.15) is 18.9 Å². The Labute approximate surface area is 227 Å². The Bertz CT molecular complexity index is 1030. The molecule has 3 heterocycles. The van der Waals surface area contributed by atoms with Crippen LogP contribution in [-0.4, -0.2) is 96.8 Å². The normalized spacial score (nSPS) is 23.6. The molecule has 3 aliphatic heterocycles. The van der Waals surface area contributed by atoms with E-state index in [2.05, 4.69) is 18.0 Å². The zero-order valence-electron chi connectivity index (χ0n) is 23.5. The highest BCUT2D eigenvalue weighted by atomic mass is 16.5. The fourth-order valence-electron chi connectivity index (χ4n) is 5.55. The SMILES string of the molecule is CN1CCN(C(=O)C[C@@H]2CCN3C[C@@H]2C=CCOc2ccccc2CN(C(=O)CC(C)(C)C)CC3=O)CC1. The number of fused-ring (bicyclic) bond motifs is 3. The number of ether oxygens (including phenoxy) is 1. The van der Waals surface area contributed by atoms with Crippen LogP contribution in [0.1, 0.15) is 45.6 Å². The quantitative estimate of drug-likeness (QED) is 0.569. The van der Waals surface area contributed by atoms with Gasteiger partial charge in [-0.25, -0.2) is 0 Å². The lowest BCUT2D eigenvalue weighted by Crippen LogP contribution is -2.50. The first-order chi connectivity index (χ1) is 18.1. The number of amides is 3. The van der Waals surface area contributed by atoms with Gasteiger partial charge in [0.15, 0.2) is 0 Å².